The first-order valence-corrected chi connectivity index (χ1v) is 6.09. The number of benzene rings is 2. The lowest BCUT2D eigenvalue weighted by atomic mass is 10.2. The van der Waals surface area contributed by atoms with Gasteiger partial charge in [0.1, 0.15) is 11.3 Å². The molecule has 3 rings (SSSR count). The minimum Gasteiger partial charge on any atom is -0.459 e. The van der Waals surface area contributed by atoms with Crippen LogP contribution in [-0.2, 0) is 6.54 Å². The minimum absolute atomic E-state index is 0.706. The molecule has 0 bridgehead atoms. The van der Waals surface area contributed by atoms with E-state index in [1.807, 2.05) is 18.2 Å². The molecule has 0 saturated heterocycles. The molecule has 18 heavy (non-hydrogen) atoms. The Kier molecular flexibility index (Phi) is 2.77. The fourth-order valence-corrected chi connectivity index (χ4v) is 2.07. The predicted molar refractivity (Wildman–Crippen MR) is 74.7 cm³/mol. The first-order chi connectivity index (χ1) is 8.81. The summed E-state index contributed by atoms with van der Waals surface area (Å²) in [6, 6.07) is 18.5. The van der Waals surface area contributed by atoms with Crippen molar-refractivity contribution in [3.05, 3.63) is 65.9 Å². The third kappa shape index (κ3) is 2.23. The molecular weight excluding hydrogens is 222 g/mol. The number of fused-ring (bicyclic) bond motifs is 1. The number of anilines is 1. The van der Waals surface area contributed by atoms with Crippen LogP contribution in [0.15, 0.2) is 59.0 Å². The zero-order valence-electron chi connectivity index (χ0n) is 10.3. The van der Waals surface area contributed by atoms with Crippen LogP contribution in [0.1, 0.15) is 11.3 Å². The normalized spacial score (nSPS) is 10.7. The summed E-state index contributed by atoms with van der Waals surface area (Å²) < 4.78 is 5.76. The van der Waals surface area contributed by atoms with Gasteiger partial charge in [-0.15, -0.1) is 0 Å². The highest BCUT2D eigenvalue weighted by Gasteiger charge is 2.02. The number of aryl methyl sites for hydroxylation is 1. The number of hydrogen-bond acceptors (Lipinski definition) is 2. The molecule has 2 nitrogen and oxygen atoms in total. The second kappa shape index (κ2) is 4.57. The maximum absolute atomic E-state index is 5.76. The van der Waals surface area contributed by atoms with Crippen LogP contribution < -0.4 is 5.32 Å². The summed E-state index contributed by atoms with van der Waals surface area (Å²) >= 11 is 0. The van der Waals surface area contributed by atoms with Crippen molar-refractivity contribution in [2.24, 2.45) is 0 Å². The summed E-state index contributed by atoms with van der Waals surface area (Å²) in [5.74, 6) is 0.956. The van der Waals surface area contributed by atoms with Crippen molar-refractivity contribution >= 4 is 16.7 Å². The van der Waals surface area contributed by atoms with Gasteiger partial charge in [0, 0.05) is 11.1 Å². The third-order valence-electron chi connectivity index (χ3n) is 2.96. The van der Waals surface area contributed by atoms with Gasteiger partial charge in [-0.05, 0) is 36.8 Å². The predicted octanol–water partition coefficient (Wildman–Crippen LogP) is 4.35. The molecule has 0 radical (unpaired) electrons. The Hall–Kier alpha value is -2.22. The molecule has 0 aliphatic carbocycles. The molecule has 3 aromatic rings. The van der Waals surface area contributed by atoms with Gasteiger partial charge in [-0.1, -0.05) is 30.3 Å². The first kappa shape index (κ1) is 10.9. The number of hydrogen-bond donors (Lipinski definition) is 1. The summed E-state index contributed by atoms with van der Waals surface area (Å²) in [7, 11) is 0. The van der Waals surface area contributed by atoms with E-state index in [0.717, 1.165) is 22.4 Å². The van der Waals surface area contributed by atoms with Crippen molar-refractivity contribution in [1.29, 1.82) is 0 Å². The van der Waals surface area contributed by atoms with Gasteiger partial charge >= 0.3 is 0 Å². The summed E-state index contributed by atoms with van der Waals surface area (Å²) in [5, 5.41) is 4.52. The molecule has 1 aromatic heterocycles. The monoisotopic (exact) mass is 237 g/mol. The standard InChI is InChI=1S/C16H15NO/c1-12-5-4-7-14(9-12)17-11-15-10-13-6-2-3-8-16(13)18-15/h2-10,17H,11H2,1H3. The number of rotatable bonds is 3. The van der Waals surface area contributed by atoms with E-state index in [1.165, 1.54) is 5.56 Å². The van der Waals surface area contributed by atoms with Gasteiger partial charge in [0.25, 0.3) is 0 Å². The van der Waals surface area contributed by atoms with E-state index in [-0.39, 0.29) is 0 Å². The highest BCUT2D eigenvalue weighted by Crippen LogP contribution is 2.20. The van der Waals surface area contributed by atoms with E-state index in [4.69, 9.17) is 4.42 Å². The molecule has 0 saturated carbocycles. The maximum Gasteiger partial charge on any atom is 0.134 e. The number of para-hydroxylation sites is 1. The van der Waals surface area contributed by atoms with E-state index in [2.05, 4.69) is 48.6 Å². The van der Waals surface area contributed by atoms with Gasteiger partial charge in [-0.3, -0.25) is 0 Å². The molecule has 0 amide bonds. The Morgan fingerprint density at radius 1 is 1.00 bits per heavy atom. The van der Waals surface area contributed by atoms with Crippen LogP contribution in [0.2, 0.25) is 0 Å². The highest BCUT2D eigenvalue weighted by atomic mass is 16.3. The van der Waals surface area contributed by atoms with Crippen molar-refractivity contribution < 1.29 is 4.42 Å². The van der Waals surface area contributed by atoms with E-state index in [1.54, 1.807) is 0 Å². The van der Waals surface area contributed by atoms with Crippen molar-refractivity contribution in [2.45, 2.75) is 13.5 Å². The Balaban J connectivity index is 1.76. The van der Waals surface area contributed by atoms with Crippen LogP contribution in [0.5, 0.6) is 0 Å². The van der Waals surface area contributed by atoms with Crippen LogP contribution in [0.3, 0.4) is 0 Å². The molecule has 2 heteroatoms. The van der Waals surface area contributed by atoms with E-state index in [9.17, 15) is 0 Å². The van der Waals surface area contributed by atoms with Crippen molar-refractivity contribution in [2.75, 3.05) is 5.32 Å². The largest absolute Gasteiger partial charge is 0.459 e. The molecule has 0 atom stereocenters. The number of furan rings is 1. The molecular formula is C16H15NO. The van der Waals surface area contributed by atoms with Gasteiger partial charge in [0.2, 0.25) is 0 Å². The lowest BCUT2D eigenvalue weighted by Gasteiger charge is -2.04. The second-order valence-corrected chi connectivity index (χ2v) is 4.47. The zero-order chi connectivity index (χ0) is 12.4. The van der Waals surface area contributed by atoms with Crippen molar-refractivity contribution in [3.8, 4) is 0 Å². The van der Waals surface area contributed by atoms with Gasteiger partial charge in [0.05, 0.1) is 6.54 Å². The van der Waals surface area contributed by atoms with E-state index >= 15 is 0 Å². The van der Waals surface area contributed by atoms with Crippen LogP contribution >= 0.6 is 0 Å². The summed E-state index contributed by atoms with van der Waals surface area (Å²) in [6.07, 6.45) is 0. The lowest BCUT2D eigenvalue weighted by molar-refractivity contribution is 0.559. The van der Waals surface area contributed by atoms with Crippen LogP contribution in [0, 0.1) is 6.92 Å². The molecule has 90 valence electrons. The topological polar surface area (TPSA) is 25.2 Å². The van der Waals surface area contributed by atoms with Crippen LogP contribution in [0.25, 0.3) is 11.0 Å². The minimum atomic E-state index is 0.706. The molecule has 2 aromatic carbocycles. The summed E-state index contributed by atoms with van der Waals surface area (Å²) in [6.45, 7) is 2.80. The fraction of sp³-hybridized carbons (Fsp3) is 0.125. The average Bonchev–Trinajstić information content (AvgIpc) is 2.79. The van der Waals surface area contributed by atoms with E-state index < -0.39 is 0 Å². The molecule has 0 aliphatic heterocycles. The number of nitrogens with one attached hydrogen (secondary N) is 1. The maximum atomic E-state index is 5.76. The SMILES string of the molecule is Cc1cccc(NCc2cc3ccccc3o2)c1. The third-order valence-corrected chi connectivity index (χ3v) is 2.96. The van der Waals surface area contributed by atoms with Gasteiger partial charge < -0.3 is 9.73 Å². The second-order valence-electron chi connectivity index (χ2n) is 4.47. The van der Waals surface area contributed by atoms with E-state index in [0.29, 0.717) is 6.54 Å². The quantitative estimate of drug-likeness (QED) is 0.732. The molecule has 0 fully saturated rings. The lowest BCUT2D eigenvalue weighted by Crippen LogP contribution is -1.97. The Morgan fingerprint density at radius 2 is 1.89 bits per heavy atom. The molecule has 1 N–H and O–H groups in total. The average molecular weight is 237 g/mol. The van der Waals surface area contributed by atoms with Crippen molar-refractivity contribution in [1.82, 2.24) is 0 Å². The van der Waals surface area contributed by atoms with Gasteiger partial charge in [-0.2, -0.15) is 0 Å². The fourth-order valence-electron chi connectivity index (χ4n) is 2.07. The molecule has 0 unspecified atom stereocenters. The van der Waals surface area contributed by atoms with Gasteiger partial charge in [-0.25, -0.2) is 0 Å². The van der Waals surface area contributed by atoms with Crippen molar-refractivity contribution in [3.63, 3.8) is 0 Å². The molecule has 0 spiro atoms. The summed E-state index contributed by atoms with van der Waals surface area (Å²) in [5.41, 5.74) is 3.32. The molecule has 1 heterocycles. The smallest absolute Gasteiger partial charge is 0.134 e. The Morgan fingerprint density at radius 3 is 2.72 bits per heavy atom. The van der Waals surface area contributed by atoms with Gasteiger partial charge in [0.15, 0.2) is 0 Å². The Labute approximate surface area is 106 Å². The molecule has 0 aliphatic rings. The summed E-state index contributed by atoms with van der Waals surface area (Å²) in [4.78, 5) is 0. The highest BCUT2D eigenvalue weighted by molar-refractivity contribution is 5.77. The van der Waals surface area contributed by atoms with Crippen LogP contribution in [-0.4, -0.2) is 0 Å². The first-order valence-electron chi connectivity index (χ1n) is 6.09. The Bertz CT molecular complexity index is 636. The van der Waals surface area contributed by atoms with Crippen LogP contribution in [0.4, 0.5) is 5.69 Å². The zero-order valence-corrected chi connectivity index (χ0v) is 10.3.